The molecule has 0 bridgehead atoms. The van der Waals surface area contributed by atoms with Crippen LogP contribution in [-0.4, -0.2) is 26.5 Å². The topological polar surface area (TPSA) is 92.3 Å². The lowest BCUT2D eigenvalue weighted by molar-refractivity contribution is -0.116. The van der Waals surface area contributed by atoms with Crippen LogP contribution in [0.25, 0.3) is 0 Å². The van der Waals surface area contributed by atoms with Crippen molar-refractivity contribution in [3.05, 3.63) is 54.1 Å². The van der Waals surface area contributed by atoms with E-state index in [4.69, 9.17) is 0 Å². The summed E-state index contributed by atoms with van der Waals surface area (Å²) in [5.41, 5.74) is 1.47. The molecule has 0 fully saturated rings. The molecule has 0 spiro atoms. The summed E-state index contributed by atoms with van der Waals surface area (Å²) in [4.78, 5) is 24.1. The lowest BCUT2D eigenvalue weighted by Gasteiger charge is -2.09. The monoisotopic (exact) mass is 360 g/mol. The fourth-order valence-electron chi connectivity index (χ4n) is 2.18. The lowest BCUT2D eigenvalue weighted by Crippen LogP contribution is -2.13. The predicted octanol–water partition coefficient (Wildman–Crippen LogP) is 3.08. The molecular formula is C18H20N2O4S. The van der Waals surface area contributed by atoms with E-state index in [0.29, 0.717) is 23.4 Å². The SMILES string of the molecule is CCCC(=O)Nc1cccc(NC(=O)c2ccc(S(C)(=O)=O)cc2)c1. The highest BCUT2D eigenvalue weighted by Gasteiger charge is 2.10. The standard InChI is InChI=1S/C18H20N2O4S/c1-3-5-17(21)19-14-6-4-7-15(12-14)20-18(22)13-8-10-16(11-9-13)25(2,23)24/h4,6-12H,3,5H2,1-2H3,(H,19,21)(H,20,22). The number of carbonyl (C=O) groups excluding carboxylic acids is 2. The van der Waals surface area contributed by atoms with Gasteiger partial charge in [0.05, 0.1) is 4.90 Å². The first-order chi connectivity index (χ1) is 11.8. The van der Waals surface area contributed by atoms with Gasteiger partial charge in [-0.1, -0.05) is 13.0 Å². The van der Waals surface area contributed by atoms with Crippen molar-refractivity contribution in [2.24, 2.45) is 0 Å². The summed E-state index contributed by atoms with van der Waals surface area (Å²) in [5.74, 6) is -0.445. The van der Waals surface area contributed by atoms with E-state index >= 15 is 0 Å². The van der Waals surface area contributed by atoms with Gasteiger partial charge in [-0.2, -0.15) is 0 Å². The summed E-state index contributed by atoms with van der Waals surface area (Å²) in [6, 6.07) is 12.5. The Morgan fingerprint density at radius 2 is 1.56 bits per heavy atom. The van der Waals surface area contributed by atoms with Crippen LogP contribution in [0.4, 0.5) is 11.4 Å². The Bertz CT molecular complexity index is 874. The van der Waals surface area contributed by atoms with Crippen molar-refractivity contribution < 1.29 is 18.0 Å². The quantitative estimate of drug-likeness (QED) is 0.828. The molecule has 25 heavy (non-hydrogen) atoms. The van der Waals surface area contributed by atoms with Crippen LogP contribution in [0.1, 0.15) is 30.1 Å². The molecule has 0 atom stereocenters. The van der Waals surface area contributed by atoms with E-state index in [1.165, 1.54) is 24.3 Å². The van der Waals surface area contributed by atoms with E-state index in [1.807, 2.05) is 6.92 Å². The van der Waals surface area contributed by atoms with Crippen LogP contribution in [0.5, 0.6) is 0 Å². The minimum absolute atomic E-state index is 0.0812. The van der Waals surface area contributed by atoms with Crippen LogP contribution < -0.4 is 10.6 Å². The molecule has 2 N–H and O–H groups in total. The third kappa shape index (κ3) is 5.42. The summed E-state index contributed by atoms with van der Waals surface area (Å²) < 4.78 is 22.9. The minimum Gasteiger partial charge on any atom is -0.326 e. The van der Waals surface area contributed by atoms with Gasteiger partial charge in [-0.15, -0.1) is 0 Å². The normalized spacial score (nSPS) is 11.0. The maximum atomic E-state index is 12.3. The third-order valence-electron chi connectivity index (χ3n) is 3.43. The molecule has 7 heteroatoms. The highest BCUT2D eigenvalue weighted by atomic mass is 32.2. The third-order valence-corrected chi connectivity index (χ3v) is 4.55. The van der Waals surface area contributed by atoms with E-state index in [9.17, 15) is 18.0 Å². The number of amides is 2. The van der Waals surface area contributed by atoms with Crippen LogP contribution in [0.2, 0.25) is 0 Å². The van der Waals surface area contributed by atoms with Gasteiger partial charge in [-0.25, -0.2) is 8.42 Å². The number of anilines is 2. The maximum absolute atomic E-state index is 12.3. The average Bonchev–Trinajstić information content (AvgIpc) is 2.54. The van der Waals surface area contributed by atoms with Gasteiger partial charge in [0.15, 0.2) is 9.84 Å². The van der Waals surface area contributed by atoms with Gasteiger partial charge in [-0.3, -0.25) is 9.59 Å². The van der Waals surface area contributed by atoms with Gasteiger partial charge < -0.3 is 10.6 Å². The van der Waals surface area contributed by atoms with Crippen molar-refractivity contribution in [1.29, 1.82) is 0 Å². The molecule has 0 heterocycles. The van der Waals surface area contributed by atoms with Crippen LogP contribution in [0.15, 0.2) is 53.4 Å². The predicted molar refractivity (Wildman–Crippen MR) is 97.5 cm³/mol. The number of carbonyl (C=O) groups is 2. The molecule has 0 aliphatic heterocycles. The van der Waals surface area contributed by atoms with Crippen molar-refractivity contribution in [2.75, 3.05) is 16.9 Å². The highest BCUT2D eigenvalue weighted by molar-refractivity contribution is 7.90. The van der Waals surface area contributed by atoms with Crippen LogP contribution >= 0.6 is 0 Å². The maximum Gasteiger partial charge on any atom is 0.255 e. The first-order valence-corrected chi connectivity index (χ1v) is 9.70. The molecule has 0 aliphatic carbocycles. The van der Waals surface area contributed by atoms with Gasteiger partial charge in [0.1, 0.15) is 0 Å². The molecule has 0 aromatic heterocycles. The summed E-state index contributed by atoms with van der Waals surface area (Å²) in [7, 11) is -3.30. The molecule has 2 amide bonds. The Kier molecular flexibility index (Phi) is 5.93. The van der Waals surface area contributed by atoms with E-state index in [1.54, 1.807) is 24.3 Å². The molecule has 0 aliphatic rings. The van der Waals surface area contributed by atoms with Gasteiger partial charge in [0.25, 0.3) is 5.91 Å². The molecule has 2 rings (SSSR count). The van der Waals surface area contributed by atoms with Gasteiger partial charge in [0.2, 0.25) is 5.91 Å². The summed E-state index contributed by atoms with van der Waals surface area (Å²) >= 11 is 0. The van der Waals surface area contributed by atoms with Gasteiger partial charge in [-0.05, 0) is 48.9 Å². The molecule has 0 radical (unpaired) electrons. The molecule has 132 valence electrons. The van der Waals surface area contributed by atoms with Crippen molar-refractivity contribution in [3.63, 3.8) is 0 Å². The van der Waals surface area contributed by atoms with Crippen LogP contribution in [-0.2, 0) is 14.6 Å². The number of hydrogen-bond donors (Lipinski definition) is 2. The Labute approximate surface area is 147 Å². The zero-order chi connectivity index (χ0) is 18.4. The van der Waals surface area contributed by atoms with Gasteiger partial charge in [0, 0.05) is 29.6 Å². The zero-order valence-corrected chi connectivity index (χ0v) is 14.9. The Hall–Kier alpha value is -2.67. The Morgan fingerprint density at radius 3 is 2.12 bits per heavy atom. The first kappa shape index (κ1) is 18.7. The number of nitrogens with one attached hydrogen (secondary N) is 2. The molecule has 0 saturated heterocycles. The van der Waals surface area contributed by atoms with E-state index in [2.05, 4.69) is 10.6 Å². The van der Waals surface area contributed by atoms with Crippen LogP contribution in [0, 0.1) is 0 Å². The number of hydrogen-bond acceptors (Lipinski definition) is 4. The zero-order valence-electron chi connectivity index (χ0n) is 14.1. The summed E-state index contributed by atoms with van der Waals surface area (Å²) in [5, 5.41) is 5.49. The smallest absolute Gasteiger partial charge is 0.255 e. The molecule has 0 unspecified atom stereocenters. The average molecular weight is 360 g/mol. The molecular weight excluding hydrogens is 340 g/mol. The second-order valence-corrected chi connectivity index (χ2v) is 7.65. The van der Waals surface area contributed by atoms with Crippen molar-refractivity contribution in [3.8, 4) is 0 Å². The first-order valence-electron chi connectivity index (χ1n) is 7.81. The fourth-order valence-corrected chi connectivity index (χ4v) is 2.81. The Morgan fingerprint density at radius 1 is 0.960 bits per heavy atom. The molecule has 2 aromatic carbocycles. The summed E-state index contributed by atoms with van der Waals surface area (Å²) in [6.45, 7) is 1.92. The Balaban J connectivity index is 2.09. The largest absolute Gasteiger partial charge is 0.326 e. The minimum atomic E-state index is -3.30. The molecule has 2 aromatic rings. The molecule has 6 nitrogen and oxygen atoms in total. The van der Waals surface area contributed by atoms with Crippen LogP contribution in [0.3, 0.4) is 0 Å². The van der Waals surface area contributed by atoms with Crippen molar-refractivity contribution in [1.82, 2.24) is 0 Å². The fraction of sp³-hybridized carbons (Fsp3) is 0.222. The van der Waals surface area contributed by atoms with E-state index < -0.39 is 9.84 Å². The highest BCUT2D eigenvalue weighted by Crippen LogP contribution is 2.17. The van der Waals surface area contributed by atoms with Gasteiger partial charge >= 0.3 is 0 Å². The second kappa shape index (κ2) is 7.94. The number of sulfone groups is 1. The summed E-state index contributed by atoms with van der Waals surface area (Å²) in [6.07, 6.45) is 2.30. The van der Waals surface area contributed by atoms with E-state index in [0.717, 1.165) is 12.7 Å². The number of benzene rings is 2. The number of rotatable bonds is 6. The van der Waals surface area contributed by atoms with Crippen molar-refractivity contribution >= 4 is 33.0 Å². The van der Waals surface area contributed by atoms with E-state index in [-0.39, 0.29) is 16.7 Å². The van der Waals surface area contributed by atoms with Crippen molar-refractivity contribution in [2.45, 2.75) is 24.7 Å². The second-order valence-electron chi connectivity index (χ2n) is 5.63. The molecule has 0 saturated carbocycles. The lowest BCUT2D eigenvalue weighted by atomic mass is 10.2.